The molecule has 3 heterocycles. The molecular formula is C27H28N4O2. The first-order valence-electron chi connectivity index (χ1n) is 11.5. The van der Waals surface area contributed by atoms with E-state index in [2.05, 4.69) is 58.7 Å². The highest BCUT2D eigenvalue weighted by Crippen LogP contribution is 2.38. The summed E-state index contributed by atoms with van der Waals surface area (Å²) in [7, 11) is 0. The van der Waals surface area contributed by atoms with Gasteiger partial charge < -0.3 is 14.5 Å². The van der Waals surface area contributed by atoms with Crippen molar-refractivity contribution in [3.8, 4) is 0 Å². The second kappa shape index (κ2) is 8.37. The van der Waals surface area contributed by atoms with Gasteiger partial charge in [0.2, 0.25) is 0 Å². The third-order valence-electron chi connectivity index (χ3n) is 6.65. The molecule has 0 atom stereocenters. The molecule has 6 nitrogen and oxygen atoms in total. The van der Waals surface area contributed by atoms with E-state index >= 15 is 0 Å². The highest BCUT2D eigenvalue weighted by Gasteiger charge is 2.35. The van der Waals surface area contributed by atoms with Gasteiger partial charge in [-0.25, -0.2) is 0 Å². The number of hydrogen-bond donors (Lipinski definition) is 2. The Labute approximate surface area is 192 Å². The van der Waals surface area contributed by atoms with Gasteiger partial charge in [0.1, 0.15) is 0 Å². The molecule has 0 unspecified atom stereocenters. The Morgan fingerprint density at radius 2 is 1.64 bits per heavy atom. The van der Waals surface area contributed by atoms with E-state index in [-0.39, 0.29) is 11.8 Å². The molecule has 5 rings (SSSR count). The molecule has 2 aromatic heterocycles. The van der Waals surface area contributed by atoms with Crippen LogP contribution in [-0.2, 0) is 16.1 Å². The smallest absolute Gasteiger partial charge is 0.259 e. The van der Waals surface area contributed by atoms with Gasteiger partial charge in [-0.15, -0.1) is 0 Å². The fourth-order valence-electron chi connectivity index (χ4n) is 4.82. The number of rotatable bonds is 7. The van der Waals surface area contributed by atoms with Crippen LogP contribution < -0.4 is 5.32 Å². The summed E-state index contributed by atoms with van der Waals surface area (Å²) in [5.41, 5.74) is 5.60. The predicted molar refractivity (Wildman–Crippen MR) is 133 cm³/mol. The average Bonchev–Trinajstić information content (AvgIpc) is 3.47. The molecule has 0 bridgehead atoms. The second-order valence-corrected chi connectivity index (χ2v) is 8.56. The van der Waals surface area contributed by atoms with Crippen molar-refractivity contribution >= 4 is 44.8 Å². The van der Waals surface area contributed by atoms with Crippen molar-refractivity contribution in [2.24, 2.45) is 0 Å². The molecule has 0 fully saturated rings. The van der Waals surface area contributed by atoms with Crippen molar-refractivity contribution in [3.63, 3.8) is 0 Å². The van der Waals surface area contributed by atoms with Gasteiger partial charge in [-0.1, -0.05) is 44.2 Å². The largest absolute Gasteiger partial charge is 0.361 e. The summed E-state index contributed by atoms with van der Waals surface area (Å²) >= 11 is 0. The number of aromatic amines is 1. The zero-order chi connectivity index (χ0) is 23.1. The molecule has 33 heavy (non-hydrogen) atoms. The standard InChI is InChI=1S/C27H28N4O2/c1-4-30(5-2)12-13-31-16-21(19-11-10-17(3)14-23(19)31)25-24(26(32)29-27(25)33)20-15-28-22-9-7-6-8-18(20)22/h6-11,14-16,28H,4-5,12-13H2,1-3H3,(H,29,32,33). The number of likely N-dealkylation sites (N-methyl/N-ethyl adjacent to an activating group) is 1. The lowest BCUT2D eigenvalue weighted by molar-refractivity contribution is -0.122. The zero-order valence-electron chi connectivity index (χ0n) is 19.2. The maximum Gasteiger partial charge on any atom is 0.259 e. The van der Waals surface area contributed by atoms with Crippen molar-refractivity contribution in [2.45, 2.75) is 27.3 Å². The average molecular weight is 441 g/mol. The van der Waals surface area contributed by atoms with Crippen LogP contribution in [-0.4, -0.2) is 45.9 Å². The lowest BCUT2D eigenvalue weighted by Gasteiger charge is -2.18. The van der Waals surface area contributed by atoms with Gasteiger partial charge in [0.05, 0.1) is 11.1 Å². The summed E-state index contributed by atoms with van der Waals surface area (Å²) in [6.45, 7) is 10.1. The first kappa shape index (κ1) is 21.2. The number of para-hydroxylation sites is 1. The molecule has 0 spiro atoms. The molecule has 0 saturated heterocycles. The molecule has 168 valence electrons. The highest BCUT2D eigenvalue weighted by atomic mass is 16.2. The molecule has 2 N–H and O–H groups in total. The highest BCUT2D eigenvalue weighted by molar-refractivity contribution is 6.50. The van der Waals surface area contributed by atoms with E-state index in [0.717, 1.165) is 64.7 Å². The zero-order valence-corrected chi connectivity index (χ0v) is 19.2. The summed E-state index contributed by atoms with van der Waals surface area (Å²) in [5.74, 6) is -0.695. The predicted octanol–water partition coefficient (Wildman–Crippen LogP) is 4.34. The number of amides is 2. The minimum atomic E-state index is -0.351. The Bertz CT molecular complexity index is 1420. The SMILES string of the molecule is CCN(CC)CCn1cc(C2=C(c3c[nH]c4ccccc34)C(=O)NC2=O)c2ccc(C)cc21. The van der Waals surface area contributed by atoms with Gasteiger partial charge in [-0.3, -0.25) is 14.9 Å². The molecule has 1 aliphatic heterocycles. The number of imide groups is 1. The maximum absolute atomic E-state index is 13.1. The normalized spacial score (nSPS) is 14.3. The summed E-state index contributed by atoms with van der Waals surface area (Å²) in [4.78, 5) is 31.7. The maximum atomic E-state index is 13.1. The number of benzene rings is 2. The van der Waals surface area contributed by atoms with Crippen LogP contribution in [0.5, 0.6) is 0 Å². The molecule has 6 heteroatoms. The van der Waals surface area contributed by atoms with Crippen molar-refractivity contribution in [3.05, 3.63) is 71.5 Å². The summed E-state index contributed by atoms with van der Waals surface area (Å²) in [6, 6.07) is 14.1. The van der Waals surface area contributed by atoms with Crippen molar-refractivity contribution in [1.29, 1.82) is 0 Å². The van der Waals surface area contributed by atoms with Crippen LogP contribution in [0.2, 0.25) is 0 Å². The molecule has 2 aromatic carbocycles. The third-order valence-corrected chi connectivity index (χ3v) is 6.65. The number of H-pyrrole nitrogens is 1. The Morgan fingerprint density at radius 3 is 2.39 bits per heavy atom. The van der Waals surface area contributed by atoms with E-state index < -0.39 is 0 Å². The molecule has 1 aliphatic rings. The van der Waals surface area contributed by atoms with E-state index in [1.165, 1.54) is 0 Å². The first-order valence-corrected chi connectivity index (χ1v) is 11.5. The first-order chi connectivity index (χ1) is 16.0. The quantitative estimate of drug-likeness (QED) is 0.420. The Kier molecular flexibility index (Phi) is 5.38. The van der Waals surface area contributed by atoms with Crippen molar-refractivity contribution in [1.82, 2.24) is 19.8 Å². The minimum absolute atomic E-state index is 0.344. The molecule has 0 aliphatic carbocycles. The van der Waals surface area contributed by atoms with Gasteiger partial charge in [0, 0.05) is 58.4 Å². The Hall–Kier alpha value is -3.64. The number of carbonyl (C=O) groups excluding carboxylic acids is 2. The van der Waals surface area contributed by atoms with E-state index in [1.807, 2.05) is 36.7 Å². The molecule has 2 amide bonds. The van der Waals surface area contributed by atoms with Gasteiger partial charge in [0.25, 0.3) is 11.8 Å². The summed E-state index contributed by atoms with van der Waals surface area (Å²) in [6.07, 6.45) is 3.86. The van der Waals surface area contributed by atoms with Gasteiger partial charge >= 0.3 is 0 Å². The number of nitrogens with one attached hydrogen (secondary N) is 2. The van der Waals surface area contributed by atoms with E-state index in [4.69, 9.17) is 0 Å². The number of fused-ring (bicyclic) bond motifs is 2. The van der Waals surface area contributed by atoms with Gasteiger partial charge in [0.15, 0.2) is 0 Å². The summed E-state index contributed by atoms with van der Waals surface area (Å²) in [5, 5.41) is 4.45. The van der Waals surface area contributed by atoms with Gasteiger partial charge in [-0.2, -0.15) is 0 Å². The van der Waals surface area contributed by atoms with Crippen LogP contribution in [0, 0.1) is 6.92 Å². The second-order valence-electron chi connectivity index (χ2n) is 8.56. The number of nitrogens with zero attached hydrogens (tertiary/aromatic N) is 2. The van der Waals surface area contributed by atoms with Crippen LogP contribution >= 0.6 is 0 Å². The number of carbonyl (C=O) groups is 2. The number of hydrogen-bond acceptors (Lipinski definition) is 3. The van der Waals surface area contributed by atoms with Crippen molar-refractivity contribution in [2.75, 3.05) is 19.6 Å². The molecule has 0 radical (unpaired) electrons. The third kappa shape index (κ3) is 3.56. The minimum Gasteiger partial charge on any atom is -0.361 e. The fourth-order valence-corrected chi connectivity index (χ4v) is 4.82. The van der Waals surface area contributed by atoms with E-state index in [0.29, 0.717) is 11.1 Å². The van der Waals surface area contributed by atoms with Crippen LogP contribution in [0.15, 0.2) is 54.9 Å². The van der Waals surface area contributed by atoms with Crippen LogP contribution in [0.1, 0.15) is 30.5 Å². The monoisotopic (exact) mass is 440 g/mol. The Morgan fingerprint density at radius 1 is 0.909 bits per heavy atom. The molecular weight excluding hydrogens is 412 g/mol. The molecule has 0 saturated carbocycles. The number of aryl methyl sites for hydroxylation is 1. The van der Waals surface area contributed by atoms with Crippen LogP contribution in [0.4, 0.5) is 0 Å². The van der Waals surface area contributed by atoms with Gasteiger partial charge in [-0.05, 0) is 37.7 Å². The fraction of sp³-hybridized carbons (Fsp3) is 0.259. The lowest BCUT2D eigenvalue weighted by atomic mass is 9.95. The molecule has 4 aromatic rings. The Balaban J connectivity index is 1.71. The van der Waals surface area contributed by atoms with Crippen LogP contribution in [0.25, 0.3) is 33.0 Å². The van der Waals surface area contributed by atoms with Crippen LogP contribution in [0.3, 0.4) is 0 Å². The summed E-state index contributed by atoms with van der Waals surface area (Å²) < 4.78 is 2.21. The van der Waals surface area contributed by atoms with Crippen molar-refractivity contribution < 1.29 is 9.59 Å². The topological polar surface area (TPSA) is 70.1 Å². The van der Waals surface area contributed by atoms with E-state index in [1.54, 1.807) is 0 Å². The van der Waals surface area contributed by atoms with E-state index in [9.17, 15) is 9.59 Å². The number of aromatic nitrogens is 2. The lowest BCUT2D eigenvalue weighted by Crippen LogP contribution is -2.26.